The SMILES string of the molecule is O=C(O)COc1ccc(Br)cc1-c1noc(-c2ccccc2)n1. The van der Waals surface area contributed by atoms with Gasteiger partial charge in [-0.15, -0.1) is 0 Å². The van der Waals surface area contributed by atoms with Crippen molar-refractivity contribution >= 4 is 21.9 Å². The van der Waals surface area contributed by atoms with Gasteiger partial charge < -0.3 is 14.4 Å². The van der Waals surface area contributed by atoms with Gasteiger partial charge in [-0.2, -0.15) is 4.98 Å². The smallest absolute Gasteiger partial charge is 0.341 e. The van der Waals surface area contributed by atoms with E-state index in [-0.39, 0.29) is 0 Å². The second kappa shape index (κ2) is 6.62. The van der Waals surface area contributed by atoms with Gasteiger partial charge in [0.2, 0.25) is 5.82 Å². The van der Waals surface area contributed by atoms with Crippen LogP contribution >= 0.6 is 15.9 Å². The highest BCUT2D eigenvalue weighted by Crippen LogP contribution is 2.32. The lowest BCUT2D eigenvalue weighted by atomic mass is 10.2. The van der Waals surface area contributed by atoms with Crippen molar-refractivity contribution in [2.75, 3.05) is 6.61 Å². The molecular formula is C16H11BrN2O4. The van der Waals surface area contributed by atoms with E-state index < -0.39 is 12.6 Å². The Hall–Kier alpha value is -2.67. The molecule has 2 aromatic carbocycles. The molecule has 0 bridgehead atoms. The lowest BCUT2D eigenvalue weighted by Gasteiger charge is -2.07. The van der Waals surface area contributed by atoms with Gasteiger partial charge in [-0.3, -0.25) is 0 Å². The highest BCUT2D eigenvalue weighted by atomic mass is 79.9. The lowest BCUT2D eigenvalue weighted by Crippen LogP contribution is -2.10. The Morgan fingerprint density at radius 3 is 2.74 bits per heavy atom. The number of carboxylic acids is 1. The fourth-order valence-electron chi connectivity index (χ4n) is 1.97. The minimum Gasteiger partial charge on any atom is -0.481 e. The quantitative estimate of drug-likeness (QED) is 0.733. The van der Waals surface area contributed by atoms with E-state index in [4.69, 9.17) is 14.4 Å². The van der Waals surface area contributed by atoms with Gasteiger partial charge >= 0.3 is 5.97 Å². The van der Waals surface area contributed by atoms with E-state index in [1.54, 1.807) is 18.2 Å². The van der Waals surface area contributed by atoms with Crippen LogP contribution in [0.15, 0.2) is 57.5 Å². The van der Waals surface area contributed by atoms with Crippen LogP contribution in [0.4, 0.5) is 0 Å². The number of halogens is 1. The van der Waals surface area contributed by atoms with Crippen LogP contribution in [-0.2, 0) is 4.79 Å². The van der Waals surface area contributed by atoms with Gasteiger partial charge in [-0.1, -0.05) is 39.3 Å². The first kappa shape index (κ1) is 15.2. The topological polar surface area (TPSA) is 85.5 Å². The van der Waals surface area contributed by atoms with Crippen molar-refractivity contribution in [1.29, 1.82) is 0 Å². The number of nitrogens with zero attached hydrogens (tertiary/aromatic N) is 2. The van der Waals surface area contributed by atoms with Crippen molar-refractivity contribution in [3.8, 4) is 28.6 Å². The average Bonchev–Trinajstić information content (AvgIpc) is 3.04. The molecule has 1 N–H and O–H groups in total. The third-order valence-corrected chi connectivity index (χ3v) is 3.47. The molecule has 0 saturated heterocycles. The van der Waals surface area contributed by atoms with E-state index in [2.05, 4.69) is 26.1 Å². The van der Waals surface area contributed by atoms with Crippen molar-refractivity contribution in [3.05, 3.63) is 53.0 Å². The number of benzene rings is 2. The number of carboxylic acid groups (broad SMARTS) is 1. The molecule has 0 amide bonds. The van der Waals surface area contributed by atoms with Crippen LogP contribution in [0.3, 0.4) is 0 Å². The molecule has 0 unspecified atom stereocenters. The van der Waals surface area contributed by atoms with Gasteiger partial charge in [-0.25, -0.2) is 4.79 Å². The zero-order valence-corrected chi connectivity index (χ0v) is 13.4. The predicted octanol–water partition coefficient (Wildman–Crippen LogP) is 3.63. The van der Waals surface area contributed by atoms with Crippen LogP contribution < -0.4 is 4.74 Å². The summed E-state index contributed by atoms with van der Waals surface area (Å²) in [7, 11) is 0. The zero-order chi connectivity index (χ0) is 16.2. The van der Waals surface area contributed by atoms with E-state index in [0.29, 0.717) is 23.0 Å². The van der Waals surface area contributed by atoms with E-state index in [1.807, 2.05) is 30.3 Å². The van der Waals surface area contributed by atoms with E-state index in [0.717, 1.165) is 10.0 Å². The molecule has 0 saturated carbocycles. The monoisotopic (exact) mass is 374 g/mol. The summed E-state index contributed by atoms with van der Waals surface area (Å²) in [6, 6.07) is 14.5. The maximum Gasteiger partial charge on any atom is 0.341 e. The molecule has 3 rings (SSSR count). The first-order valence-corrected chi connectivity index (χ1v) is 7.46. The third kappa shape index (κ3) is 3.57. The van der Waals surface area contributed by atoms with Crippen LogP contribution in [0.5, 0.6) is 5.75 Å². The third-order valence-electron chi connectivity index (χ3n) is 2.98. The van der Waals surface area contributed by atoms with E-state index in [1.165, 1.54) is 0 Å². The largest absolute Gasteiger partial charge is 0.481 e. The lowest BCUT2D eigenvalue weighted by molar-refractivity contribution is -0.139. The Balaban J connectivity index is 1.96. The first-order chi connectivity index (χ1) is 11.1. The van der Waals surface area contributed by atoms with Crippen molar-refractivity contribution < 1.29 is 19.2 Å². The molecule has 3 aromatic rings. The maximum atomic E-state index is 10.7. The van der Waals surface area contributed by atoms with Crippen molar-refractivity contribution in [3.63, 3.8) is 0 Å². The number of ether oxygens (including phenoxy) is 1. The average molecular weight is 375 g/mol. The van der Waals surface area contributed by atoms with Gasteiger partial charge in [0.05, 0.1) is 5.56 Å². The highest BCUT2D eigenvalue weighted by molar-refractivity contribution is 9.10. The van der Waals surface area contributed by atoms with Gasteiger partial charge in [0, 0.05) is 10.0 Å². The molecule has 6 nitrogen and oxygen atoms in total. The molecule has 0 aliphatic rings. The van der Waals surface area contributed by atoms with Crippen LogP contribution in [0.25, 0.3) is 22.8 Å². The molecule has 0 aliphatic heterocycles. The fourth-order valence-corrected chi connectivity index (χ4v) is 2.33. The second-order valence-corrected chi connectivity index (χ2v) is 5.53. The van der Waals surface area contributed by atoms with Crippen molar-refractivity contribution in [2.45, 2.75) is 0 Å². The predicted molar refractivity (Wildman–Crippen MR) is 86.0 cm³/mol. The molecule has 7 heteroatoms. The Bertz CT molecular complexity index is 833. The van der Waals surface area contributed by atoms with Gasteiger partial charge in [-0.05, 0) is 30.3 Å². The molecule has 116 valence electrons. The molecule has 1 aromatic heterocycles. The van der Waals surface area contributed by atoms with Crippen LogP contribution in [0, 0.1) is 0 Å². The van der Waals surface area contributed by atoms with Crippen molar-refractivity contribution in [2.24, 2.45) is 0 Å². The van der Waals surface area contributed by atoms with Gasteiger partial charge in [0.15, 0.2) is 6.61 Å². The Kier molecular flexibility index (Phi) is 4.38. The Morgan fingerprint density at radius 2 is 2.00 bits per heavy atom. The summed E-state index contributed by atoms with van der Waals surface area (Å²) in [5.41, 5.74) is 1.35. The van der Waals surface area contributed by atoms with Crippen molar-refractivity contribution in [1.82, 2.24) is 10.1 Å². The fraction of sp³-hybridized carbons (Fsp3) is 0.0625. The molecule has 0 aliphatic carbocycles. The number of carbonyl (C=O) groups is 1. The summed E-state index contributed by atoms with van der Waals surface area (Å²) in [4.78, 5) is 15.0. The summed E-state index contributed by atoms with van der Waals surface area (Å²) >= 11 is 3.37. The minimum absolute atomic E-state index is 0.325. The molecule has 1 heterocycles. The molecule has 0 atom stereocenters. The molecular weight excluding hydrogens is 364 g/mol. The Labute approximate surface area is 139 Å². The summed E-state index contributed by atoms with van der Waals surface area (Å²) in [5, 5.41) is 12.7. The van der Waals surface area contributed by atoms with Gasteiger partial charge in [0.25, 0.3) is 5.89 Å². The normalized spacial score (nSPS) is 10.5. The maximum absolute atomic E-state index is 10.7. The Morgan fingerprint density at radius 1 is 1.22 bits per heavy atom. The number of hydrogen-bond acceptors (Lipinski definition) is 5. The number of rotatable bonds is 5. The molecule has 0 spiro atoms. The minimum atomic E-state index is -1.06. The summed E-state index contributed by atoms with van der Waals surface area (Å²) in [5.74, 6) is 0.0169. The first-order valence-electron chi connectivity index (χ1n) is 6.67. The van der Waals surface area contributed by atoms with Crippen LogP contribution in [0.1, 0.15) is 0 Å². The van der Waals surface area contributed by atoms with E-state index >= 15 is 0 Å². The number of aromatic nitrogens is 2. The summed E-state index contributed by atoms with van der Waals surface area (Å²) < 4.78 is 11.4. The van der Waals surface area contributed by atoms with Gasteiger partial charge in [0.1, 0.15) is 5.75 Å². The number of hydrogen-bond donors (Lipinski definition) is 1. The zero-order valence-electron chi connectivity index (χ0n) is 11.8. The molecule has 0 fully saturated rings. The molecule has 23 heavy (non-hydrogen) atoms. The molecule has 0 radical (unpaired) electrons. The van der Waals surface area contributed by atoms with E-state index in [9.17, 15) is 4.79 Å². The number of aliphatic carboxylic acids is 1. The standard InChI is InChI=1S/C16H11BrN2O4/c17-11-6-7-13(22-9-14(20)21)12(8-11)15-18-16(23-19-15)10-4-2-1-3-5-10/h1-8H,9H2,(H,20,21). The summed E-state index contributed by atoms with van der Waals surface area (Å²) in [6.45, 7) is -0.446. The highest BCUT2D eigenvalue weighted by Gasteiger charge is 2.16. The second-order valence-electron chi connectivity index (χ2n) is 4.61. The summed E-state index contributed by atoms with van der Waals surface area (Å²) in [6.07, 6.45) is 0. The van der Waals surface area contributed by atoms with Crippen LogP contribution in [0.2, 0.25) is 0 Å². The van der Waals surface area contributed by atoms with Crippen LogP contribution in [-0.4, -0.2) is 27.8 Å².